The van der Waals surface area contributed by atoms with Crippen LogP contribution in [0.1, 0.15) is 47.1 Å². The van der Waals surface area contributed by atoms with E-state index in [4.69, 9.17) is 9.72 Å². The molecule has 1 aliphatic heterocycles. The number of carbonyl (C=O) groups excluding carboxylic acids is 2. The molecule has 2 amide bonds. The van der Waals surface area contributed by atoms with Gasteiger partial charge in [-0.15, -0.1) is 0 Å². The van der Waals surface area contributed by atoms with E-state index in [9.17, 15) is 9.59 Å². The van der Waals surface area contributed by atoms with Gasteiger partial charge in [-0.1, -0.05) is 50.8 Å². The summed E-state index contributed by atoms with van der Waals surface area (Å²) in [7, 11) is 0. The second-order valence-corrected chi connectivity index (χ2v) is 10.5. The summed E-state index contributed by atoms with van der Waals surface area (Å²) in [6.07, 6.45) is 12.8. The molecule has 3 aromatic heterocycles. The van der Waals surface area contributed by atoms with Crippen LogP contribution < -0.4 is 21.2 Å². The number of hydrogen-bond donors (Lipinski definition) is 3. The molecule has 10 heteroatoms. The Balaban J connectivity index is 0.00000204. The third-order valence-electron chi connectivity index (χ3n) is 7.63. The van der Waals surface area contributed by atoms with Gasteiger partial charge in [-0.25, -0.2) is 9.97 Å². The molecule has 0 atom stereocenters. The van der Waals surface area contributed by atoms with E-state index in [0.717, 1.165) is 22.0 Å². The highest BCUT2D eigenvalue weighted by Gasteiger charge is 2.19. The molecule has 0 radical (unpaired) electrons. The number of imidazole rings is 1. The van der Waals surface area contributed by atoms with E-state index in [-0.39, 0.29) is 11.8 Å². The van der Waals surface area contributed by atoms with Crippen LogP contribution in [0.15, 0.2) is 79.4 Å². The van der Waals surface area contributed by atoms with Crippen LogP contribution in [0.3, 0.4) is 0 Å². The fourth-order valence-electron chi connectivity index (χ4n) is 5.21. The number of nitrogens with zero attached hydrogens (tertiary/aromatic N) is 4. The first kappa shape index (κ1) is 31.9. The number of allylic oxidation sites excluding steroid dienone is 2. The fraction of sp³-hybridized carbons (Fsp3) is 0.222. The summed E-state index contributed by atoms with van der Waals surface area (Å²) in [6, 6.07) is 13.1. The number of nitrogens with one attached hydrogen (secondary N) is 3. The van der Waals surface area contributed by atoms with E-state index in [1.807, 2.05) is 110 Å². The Labute approximate surface area is 268 Å². The Morgan fingerprint density at radius 2 is 1.85 bits per heavy atom. The number of H-pyrrole nitrogens is 1. The summed E-state index contributed by atoms with van der Waals surface area (Å²) in [5.41, 5.74) is 5.68. The van der Waals surface area contributed by atoms with Crippen LogP contribution in [0.5, 0.6) is 0 Å². The number of aromatic amines is 1. The van der Waals surface area contributed by atoms with Crippen molar-refractivity contribution >= 4 is 47.3 Å². The van der Waals surface area contributed by atoms with Gasteiger partial charge < -0.3 is 29.7 Å². The van der Waals surface area contributed by atoms with Crippen molar-refractivity contribution in [3.05, 3.63) is 107 Å². The second kappa shape index (κ2) is 14.5. The monoisotopic (exact) mass is 617 g/mol. The first-order valence-electron chi connectivity index (χ1n) is 15.4. The first-order chi connectivity index (χ1) is 22.4. The molecule has 4 heterocycles. The summed E-state index contributed by atoms with van der Waals surface area (Å²) in [5.74, 6) is 0.324. The smallest absolute Gasteiger partial charge is 0.257 e. The molecule has 5 aromatic rings. The van der Waals surface area contributed by atoms with Crippen LogP contribution in [0.4, 0.5) is 17.2 Å². The fourth-order valence-corrected chi connectivity index (χ4v) is 5.21. The first-order valence-corrected chi connectivity index (χ1v) is 15.4. The zero-order valence-electron chi connectivity index (χ0n) is 26.6. The molecule has 6 rings (SSSR count). The highest BCUT2D eigenvalue weighted by atomic mass is 16.5. The number of aromatic nitrogens is 4. The molecule has 46 heavy (non-hydrogen) atoms. The number of anilines is 3. The van der Waals surface area contributed by atoms with Gasteiger partial charge in [0.05, 0.1) is 24.5 Å². The predicted octanol–water partition coefficient (Wildman–Crippen LogP) is 5.29. The molecule has 1 fully saturated rings. The van der Waals surface area contributed by atoms with E-state index < -0.39 is 0 Å². The molecule has 3 N–H and O–H groups in total. The number of ether oxygens (including phenoxy) is 1. The number of carbonyl (C=O) groups is 2. The van der Waals surface area contributed by atoms with E-state index in [1.165, 1.54) is 0 Å². The van der Waals surface area contributed by atoms with Crippen molar-refractivity contribution in [2.24, 2.45) is 0 Å². The normalized spacial score (nSPS) is 13.5. The van der Waals surface area contributed by atoms with Crippen molar-refractivity contribution in [3.8, 4) is 11.3 Å². The number of morpholine rings is 1. The molecule has 0 unspecified atom stereocenters. The predicted molar refractivity (Wildman–Crippen MR) is 184 cm³/mol. The van der Waals surface area contributed by atoms with Gasteiger partial charge in [0.2, 0.25) is 0 Å². The summed E-state index contributed by atoms with van der Waals surface area (Å²) in [4.78, 5) is 40.4. The standard InChI is InChI=1S/C34H33N7O3.C2H6/c1-4-5-7-27-23(3)36-20-28(27)33(42)39-29-9-6-8-26(22(29)2)30-21-41-15-14-35-32(41)31(38-30)37-25-12-10-24(11-13-25)34(43)40-16-18-44-19-17-40;1-2/h4-15,20-21,36H,3,16-19H2,1-2H3,(H,37,38)(H,39,42);1-2H3/b5-4-,27-7+;. The van der Waals surface area contributed by atoms with Crippen molar-refractivity contribution in [2.45, 2.75) is 27.7 Å². The summed E-state index contributed by atoms with van der Waals surface area (Å²) < 4.78 is 7.27. The number of amides is 2. The third-order valence-corrected chi connectivity index (χ3v) is 7.63. The lowest BCUT2D eigenvalue weighted by Gasteiger charge is -2.26. The van der Waals surface area contributed by atoms with Gasteiger partial charge >= 0.3 is 0 Å². The van der Waals surface area contributed by atoms with Gasteiger partial charge in [0, 0.05) is 70.9 Å². The Morgan fingerprint density at radius 1 is 1.09 bits per heavy atom. The van der Waals surface area contributed by atoms with Gasteiger partial charge in [-0.05, 0) is 49.7 Å². The molecule has 0 bridgehead atoms. The maximum absolute atomic E-state index is 13.3. The van der Waals surface area contributed by atoms with Crippen molar-refractivity contribution < 1.29 is 14.3 Å². The number of rotatable bonds is 7. The topological polar surface area (TPSA) is 117 Å². The van der Waals surface area contributed by atoms with Gasteiger partial charge in [-0.2, -0.15) is 0 Å². The lowest BCUT2D eigenvalue weighted by Crippen LogP contribution is -2.40. The second-order valence-electron chi connectivity index (χ2n) is 10.5. The van der Waals surface area contributed by atoms with E-state index in [1.54, 1.807) is 12.4 Å². The maximum atomic E-state index is 13.3. The van der Waals surface area contributed by atoms with Crippen LogP contribution in [-0.2, 0) is 4.74 Å². The summed E-state index contributed by atoms with van der Waals surface area (Å²) in [5, 5.41) is 7.86. The minimum atomic E-state index is -0.233. The quantitative estimate of drug-likeness (QED) is 0.229. The Kier molecular flexibility index (Phi) is 10.1. The van der Waals surface area contributed by atoms with Crippen molar-refractivity contribution in [1.82, 2.24) is 24.3 Å². The summed E-state index contributed by atoms with van der Waals surface area (Å²) >= 11 is 0. The highest BCUT2D eigenvalue weighted by molar-refractivity contribution is 6.05. The Bertz CT molecular complexity index is 1980. The molecule has 0 saturated carbocycles. The Morgan fingerprint density at radius 3 is 2.59 bits per heavy atom. The molecule has 10 nitrogen and oxygen atoms in total. The molecule has 236 valence electrons. The summed E-state index contributed by atoms with van der Waals surface area (Å²) in [6.45, 7) is 14.2. The van der Waals surface area contributed by atoms with Crippen LogP contribution in [0.25, 0.3) is 29.6 Å². The number of fused-ring (bicyclic) bond motifs is 1. The van der Waals surface area contributed by atoms with E-state index in [2.05, 4.69) is 27.2 Å². The average molecular weight is 618 g/mol. The number of hydrogen-bond acceptors (Lipinski definition) is 6. The highest BCUT2D eigenvalue weighted by Crippen LogP contribution is 2.30. The minimum absolute atomic E-state index is 0.00599. The van der Waals surface area contributed by atoms with Gasteiger partial charge in [-0.3, -0.25) is 9.59 Å². The average Bonchev–Trinajstić information content (AvgIpc) is 3.72. The van der Waals surface area contributed by atoms with Crippen molar-refractivity contribution in [2.75, 3.05) is 36.9 Å². The zero-order chi connectivity index (χ0) is 32.6. The number of benzene rings is 2. The van der Waals surface area contributed by atoms with Gasteiger partial charge in [0.25, 0.3) is 11.8 Å². The molecule has 0 spiro atoms. The third kappa shape index (κ3) is 6.77. The molecule has 2 aromatic carbocycles. The maximum Gasteiger partial charge on any atom is 0.257 e. The van der Waals surface area contributed by atoms with Gasteiger partial charge in [0.1, 0.15) is 0 Å². The van der Waals surface area contributed by atoms with E-state index >= 15 is 0 Å². The largest absolute Gasteiger partial charge is 0.378 e. The van der Waals surface area contributed by atoms with Gasteiger partial charge in [0.15, 0.2) is 11.5 Å². The lowest BCUT2D eigenvalue weighted by atomic mass is 10.0. The molecule has 1 aliphatic rings. The van der Waals surface area contributed by atoms with Crippen LogP contribution in [0, 0.1) is 6.92 Å². The van der Waals surface area contributed by atoms with Crippen LogP contribution in [0.2, 0.25) is 0 Å². The SMILES string of the molecule is C=c1[nH]cc(C(=O)Nc2cccc(-c3cn4ccnc4c(Nc4ccc(C(=O)N5CCOCC5)cc4)n3)c2C)/c1=C/C=C\C.CC. The molecule has 0 aliphatic carbocycles. The Hall–Kier alpha value is -5.48. The van der Waals surface area contributed by atoms with Crippen molar-refractivity contribution in [1.29, 1.82) is 0 Å². The van der Waals surface area contributed by atoms with E-state index in [0.29, 0.717) is 65.6 Å². The molecular weight excluding hydrogens is 578 g/mol. The lowest BCUT2D eigenvalue weighted by molar-refractivity contribution is 0.0303. The molecular formula is C36H39N7O3. The zero-order valence-corrected chi connectivity index (χ0v) is 26.6. The minimum Gasteiger partial charge on any atom is -0.378 e. The van der Waals surface area contributed by atoms with Crippen molar-refractivity contribution in [3.63, 3.8) is 0 Å². The molecule has 1 saturated heterocycles. The van der Waals surface area contributed by atoms with Crippen LogP contribution in [-0.4, -0.2) is 62.4 Å². The van der Waals surface area contributed by atoms with Crippen LogP contribution >= 0.6 is 0 Å².